The van der Waals surface area contributed by atoms with Crippen LogP contribution in [-0.4, -0.2) is 19.6 Å². The average molecular weight is 239 g/mol. The molecule has 0 aliphatic carbocycles. The summed E-state index contributed by atoms with van der Waals surface area (Å²) in [6.45, 7) is 6.29. The lowest BCUT2D eigenvalue weighted by molar-refractivity contribution is 0.724. The molecule has 0 amide bonds. The fourth-order valence-corrected chi connectivity index (χ4v) is 2.46. The zero-order valence-electron chi connectivity index (χ0n) is 9.80. The second-order valence-corrected chi connectivity index (χ2v) is 4.62. The SMILES string of the molecule is CCNCc1c(Cl)cccc1N1CCCC1. The Labute approximate surface area is 103 Å². The van der Waals surface area contributed by atoms with Crippen molar-refractivity contribution in [3.63, 3.8) is 0 Å². The van der Waals surface area contributed by atoms with Gasteiger partial charge in [0.15, 0.2) is 0 Å². The Hall–Kier alpha value is -0.730. The molecule has 0 unspecified atom stereocenters. The average Bonchev–Trinajstić information content (AvgIpc) is 2.80. The molecule has 88 valence electrons. The minimum absolute atomic E-state index is 0.863. The molecule has 3 heteroatoms. The normalized spacial score (nSPS) is 15.8. The first kappa shape index (κ1) is 11.7. The van der Waals surface area contributed by atoms with Gasteiger partial charge in [0.25, 0.3) is 0 Å². The molecule has 1 aromatic rings. The molecule has 0 aromatic heterocycles. The largest absolute Gasteiger partial charge is 0.371 e. The Bertz CT molecular complexity index is 346. The van der Waals surface area contributed by atoms with E-state index in [1.54, 1.807) is 0 Å². The van der Waals surface area contributed by atoms with Gasteiger partial charge in [0.1, 0.15) is 0 Å². The topological polar surface area (TPSA) is 15.3 Å². The van der Waals surface area contributed by atoms with E-state index in [0.29, 0.717) is 0 Å². The maximum atomic E-state index is 6.28. The number of halogens is 1. The number of nitrogens with zero attached hydrogens (tertiary/aromatic N) is 1. The molecule has 0 bridgehead atoms. The summed E-state index contributed by atoms with van der Waals surface area (Å²) in [5.41, 5.74) is 2.55. The van der Waals surface area contributed by atoms with Gasteiger partial charge < -0.3 is 10.2 Å². The summed E-state index contributed by atoms with van der Waals surface area (Å²) >= 11 is 6.28. The fourth-order valence-electron chi connectivity index (χ4n) is 2.23. The summed E-state index contributed by atoms with van der Waals surface area (Å²) in [7, 11) is 0. The molecule has 0 saturated carbocycles. The highest BCUT2D eigenvalue weighted by Crippen LogP contribution is 2.29. The smallest absolute Gasteiger partial charge is 0.0471 e. The molecular formula is C13H19ClN2. The summed E-state index contributed by atoms with van der Waals surface area (Å²) in [6.07, 6.45) is 2.60. The van der Waals surface area contributed by atoms with Gasteiger partial charge in [0.05, 0.1) is 0 Å². The Kier molecular flexibility index (Phi) is 4.08. The molecule has 1 saturated heterocycles. The van der Waals surface area contributed by atoms with Crippen LogP contribution < -0.4 is 10.2 Å². The second-order valence-electron chi connectivity index (χ2n) is 4.21. The van der Waals surface area contributed by atoms with Crippen LogP contribution in [0.2, 0.25) is 5.02 Å². The molecule has 1 aromatic carbocycles. The predicted octanol–water partition coefficient (Wildman–Crippen LogP) is 3.05. The lowest BCUT2D eigenvalue weighted by Gasteiger charge is -2.22. The number of hydrogen-bond donors (Lipinski definition) is 1. The van der Waals surface area contributed by atoms with Gasteiger partial charge in [-0.1, -0.05) is 24.6 Å². The van der Waals surface area contributed by atoms with Crippen molar-refractivity contribution in [1.29, 1.82) is 0 Å². The monoisotopic (exact) mass is 238 g/mol. The van der Waals surface area contributed by atoms with Gasteiger partial charge in [-0.25, -0.2) is 0 Å². The molecule has 1 N–H and O–H groups in total. The number of benzene rings is 1. The summed E-state index contributed by atoms with van der Waals surface area (Å²) in [5.74, 6) is 0. The minimum Gasteiger partial charge on any atom is -0.371 e. The highest BCUT2D eigenvalue weighted by Gasteiger charge is 2.16. The van der Waals surface area contributed by atoms with E-state index >= 15 is 0 Å². The Balaban J connectivity index is 2.24. The van der Waals surface area contributed by atoms with Gasteiger partial charge in [-0.15, -0.1) is 0 Å². The highest BCUT2D eigenvalue weighted by molar-refractivity contribution is 6.31. The maximum Gasteiger partial charge on any atom is 0.0471 e. The molecule has 0 spiro atoms. The van der Waals surface area contributed by atoms with Gasteiger partial charge in [0.2, 0.25) is 0 Å². The predicted molar refractivity (Wildman–Crippen MR) is 70.3 cm³/mol. The van der Waals surface area contributed by atoms with Gasteiger partial charge in [-0.2, -0.15) is 0 Å². The summed E-state index contributed by atoms with van der Waals surface area (Å²) in [6, 6.07) is 6.21. The lowest BCUT2D eigenvalue weighted by Crippen LogP contribution is -2.21. The van der Waals surface area contributed by atoms with Crippen LogP contribution in [0.15, 0.2) is 18.2 Å². The first-order valence-electron chi connectivity index (χ1n) is 6.06. The molecule has 1 fully saturated rings. The van der Waals surface area contributed by atoms with Crippen molar-refractivity contribution >= 4 is 17.3 Å². The number of nitrogens with one attached hydrogen (secondary N) is 1. The van der Waals surface area contributed by atoms with Crippen molar-refractivity contribution in [1.82, 2.24) is 5.32 Å². The molecular weight excluding hydrogens is 220 g/mol. The number of rotatable bonds is 4. The summed E-state index contributed by atoms with van der Waals surface area (Å²) < 4.78 is 0. The quantitative estimate of drug-likeness (QED) is 0.868. The van der Waals surface area contributed by atoms with E-state index in [1.165, 1.54) is 37.2 Å². The van der Waals surface area contributed by atoms with Crippen LogP contribution in [0.1, 0.15) is 25.3 Å². The third kappa shape index (κ3) is 2.50. The number of hydrogen-bond acceptors (Lipinski definition) is 2. The molecule has 1 aliphatic rings. The molecule has 1 heterocycles. The van der Waals surface area contributed by atoms with Crippen molar-refractivity contribution in [2.24, 2.45) is 0 Å². The third-order valence-corrected chi connectivity index (χ3v) is 3.45. The van der Waals surface area contributed by atoms with Gasteiger partial charge >= 0.3 is 0 Å². The van der Waals surface area contributed by atoms with Crippen molar-refractivity contribution < 1.29 is 0 Å². The van der Waals surface area contributed by atoms with Crippen LogP contribution in [0.5, 0.6) is 0 Å². The standard InChI is InChI=1S/C13H19ClN2/c1-2-15-10-11-12(14)6-5-7-13(11)16-8-3-4-9-16/h5-7,15H,2-4,8-10H2,1H3. The third-order valence-electron chi connectivity index (χ3n) is 3.09. The first-order chi connectivity index (χ1) is 7.83. The molecule has 1 aliphatic heterocycles. The zero-order valence-corrected chi connectivity index (χ0v) is 10.6. The van der Waals surface area contributed by atoms with Gasteiger partial charge in [-0.3, -0.25) is 0 Å². The van der Waals surface area contributed by atoms with E-state index in [2.05, 4.69) is 23.2 Å². The Morgan fingerprint density at radius 2 is 2.06 bits per heavy atom. The molecule has 0 atom stereocenters. The van der Waals surface area contributed by atoms with Crippen LogP contribution in [0.3, 0.4) is 0 Å². The van der Waals surface area contributed by atoms with Crippen molar-refractivity contribution in [2.75, 3.05) is 24.5 Å². The van der Waals surface area contributed by atoms with Crippen molar-refractivity contribution in [2.45, 2.75) is 26.3 Å². The molecule has 2 nitrogen and oxygen atoms in total. The van der Waals surface area contributed by atoms with Crippen LogP contribution in [-0.2, 0) is 6.54 Å². The lowest BCUT2D eigenvalue weighted by atomic mass is 10.1. The number of anilines is 1. The summed E-state index contributed by atoms with van der Waals surface area (Å²) in [5, 5.41) is 4.24. The Morgan fingerprint density at radius 3 is 2.75 bits per heavy atom. The van der Waals surface area contributed by atoms with Crippen LogP contribution in [0.25, 0.3) is 0 Å². The molecule has 0 radical (unpaired) electrons. The van der Waals surface area contributed by atoms with Gasteiger partial charge in [-0.05, 0) is 31.5 Å². The minimum atomic E-state index is 0.863. The van der Waals surface area contributed by atoms with E-state index < -0.39 is 0 Å². The van der Waals surface area contributed by atoms with Crippen LogP contribution >= 0.6 is 11.6 Å². The Morgan fingerprint density at radius 1 is 1.31 bits per heavy atom. The van der Waals surface area contributed by atoms with Crippen molar-refractivity contribution in [3.8, 4) is 0 Å². The van der Waals surface area contributed by atoms with Crippen LogP contribution in [0.4, 0.5) is 5.69 Å². The second kappa shape index (κ2) is 5.55. The van der Waals surface area contributed by atoms with Crippen molar-refractivity contribution in [3.05, 3.63) is 28.8 Å². The van der Waals surface area contributed by atoms with E-state index in [9.17, 15) is 0 Å². The zero-order chi connectivity index (χ0) is 11.4. The maximum absolute atomic E-state index is 6.28. The van der Waals surface area contributed by atoms with Crippen LogP contribution in [0, 0.1) is 0 Å². The first-order valence-corrected chi connectivity index (χ1v) is 6.43. The molecule has 2 rings (SSSR count). The van der Waals surface area contributed by atoms with E-state index in [-0.39, 0.29) is 0 Å². The highest BCUT2D eigenvalue weighted by atomic mass is 35.5. The fraction of sp³-hybridized carbons (Fsp3) is 0.538. The molecule has 16 heavy (non-hydrogen) atoms. The summed E-state index contributed by atoms with van der Waals surface area (Å²) in [4.78, 5) is 2.44. The van der Waals surface area contributed by atoms with Gasteiger partial charge in [0, 0.05) is 35.9 Å². The van der Waals surface area contributed by atoms with E-state index in [4.69, 9.17) is 11.6 Å². The van der Waals surface area contributed by atoms with E-state index in [1.807, 2.05) is 12.1 Å². The van der Waals surface area contributed by atoms with E-state index in [0.717, 1.165) is 18.1 Å².